The molecule has 2 nitrogen and oxygen atoms in total. The van der Waals surface area contributed by atoms with E-state index in [-0.39, 0.29) is 18.1 Å². The fraction of sp³-hybridized carbons (Fsp3) is 0.176. The molecular formula is C17H15NO. The first kappa shape index (κ1) is 13.0. The van der Waals surface area contributed by atoms with Crippen molar-refractivity contribution in [1.82, 2.24) is 0 Å². The first-order chi connectivity index (χ1) is 9.20. The van der Waals surface area contributed by atoms with Crippen LogP contribution in [0.1, 0.15) is 33.8 Å². The third-order valence-corrected chi connectivity index (χ3v) is 3.12. The summed E-state index contributed by atoms with van der Waals surface area (Å²) in [5.74, 6) is -0.374. The lowest BCUT2D eigenvalue weighted by Crippen LogP contribution is -2.06. The van der Waals surface area contributed by atoms with Crippen molar-refractivity contribution in [2.75, 3.05) is 0 Å². The number of nitrogens with zero attached hydrogens (tertiary/aromatic N) is 1. The molecule has 1 unspecified atom stereocenters. The van der Waals surface area contributed by atoms with Gasteiger partial charge in [0.05, 0.1) is 12.0 Å². The summed E-state index contributed by atoms with van der Waals surface area (Å²) >= 11 is 0. The number of rotatable bonds is 4. The molecule has 2 aromatic rings. The minimum atomic E-state index is -0.381. The second-order valence-corrected chi connectivity index (χ2v) is 4.59. The Morgan fingerprint density at radius 2 is 1.74 bits per heavy atom. The van der Waals surface area contributed by atoms with Crippen molar-refractivity contribution in [3.05, 3.63) is 71.3 Å². The highest BCUT2D eigenvalue weighted by molar-refractivity contribution is 5.96. The molecule has 1 atom stereocenters. The van der Waals surface area contributed by atoms with Crippen LogP contribution in [0, 0.1) is 18.3 Å². The summed E-state index contributed by atoms with van der Waals surface area (Å²) in [4.78, 5) is 12.1. The molecule has 0 spiro atoms. The van der Waals surface area contributed by atoms with Crippen LogP contribution in [0.3, 0.4) is 0 Å². The van der Waals surface area contributed by atoms with Gasteiger partial charge in [-0.25, -0.2) is 0 Å². The Balaban J connectivity index is 2.14. The fourth-order valence-corrected chi connectivity index (χ4v) is 1.96. The fourth-order valence-electron chi connectivity index (χ4n) is 1.96. The zero-order valence-electron chi connectivity index (χ0n) is 10.8. The Morgan fingerprint density at radius 3 is 2.32 bits per heavy atom. The summed E-state index contributed by atoms with van der Waals surface area (Å²) in [6.45, 7) is 2.00. The highest BCUT2D eigenvalue weighted by Gasteiger charge is 2.16. The minimum absolute atomic E-state index is 0.00715. The molecule has 0 bridgehead atoms. The van der Waals surface area contributed by atoms with Crippen LogP contribution in [0.4, 0.5) is 0 Å². The number of hydrogen-bond donors (Lipinski definition) is 0. The molecule has 0 aliphatic carbocycles. The molecule has 0 fully saturated rings. The zero-order valence-corrected chi connectivity index (χ0v) is 10.8. The molecule has 0 radical (unpaired) electrons. The molecule has 19 heavy (non-hydrogen) atoms. The Bertz CT molecular complexity index is 593. The number of carbonyl (C=O) groups excluding carboxylic acids is 1. The van der Waals surface area contributed by atoms with Gasteiger partial charge < -0.3 is 0 Å². The van der Waals surface area contributed by atoms with E-state index in [1.54, 1.807) is 12.1 Å². The van der Waals surface area contributed by atoms with Crippen molar-refractivity contribution >= 4 is 5.78 Å². The summed E-state index contributed by atoms with van der Waals surface area (Å²) in [6.07, 6.45) is 0.226. The Kier molecular flexibility index (Phi) is 4.10. The third kappa shape index (κ3) is 3.29. The highest BCUT2D eigenvalue weighted by Crippen LogP contribution is 2.21. The molecule has 0 saturated heterocycles. The van der Waals surface area contributed by atoms with Crippen LogP contribution in [0.2, 0.25) is 0 Å². The van der Waals surface area contributed by atoms with Crippen LogP contribution in [-0.4, -0.2) is 5.78 Å². The number of hydrogen-bond acceptors (Lipinski definition) is 2. The van der Waals surface area contributed by atoms with Crippen molar-refractivity contribution in [3.8, 4) is 6.07 Å². The quantitative estimate of drug-likeness (QED) is 0.772. The van der Waals surface area contributed by atoms with Gasteiger partial charge in [-0.1, -0.05) is 60.2 Å². The molecular weight excluding hydrogens is 234 g/mol. The van der Waals surface area contributed by atoms with E-state index in [1.807, 2.05) is 49.4 Å². The Morgan fingerprint density at radius 1 is 1.11 bits per heavy atom. The van der Waals surface area contributed by atoms with E-state index in [1.165, 1.54) is 0 Å². The first-order valence-corrected chi connectivity index (χ1v) is 6.25. The highest BCUT2D eigenvalue weighted by atomic mass is 16.1. The molecule has 2 rings (SSSR count). The van der Waals surface area contributed by atoms with Gasteiger partial charge in [0.1, 0.15) is 0 Å². The van der Waals surface area contributed by atoms with Crippen molar-refractivity contribution < 1.29 is 4.79 Å². The van der Waals surface area contributed by atoms with Crippen LogP contribution in [0.25, 0.3) is 0 Å². The lowest BCUT2D eigenvalue weighted by molar-refractivity contribution is 0.0979. The monoisotopic (exact) mass is 249 g/mol. The molecule has 2 heteroatoms. The second kappa shape index (κ2) is 5.97. The first-order valence-electron chi connectivity index (χ1n) is 6.25. The maximum absolute atomic E-state index is 12.1. The molecule has 94 valence electrons. The summed E-state index contributed by atoms with van der Waals surface area (Å²) < 4.78 is 0. The molecule has 0 aliphatic rings. The van der Waals surface area contributed by atoms with Crippen LogP contribution < -0.4 is 0 Å². The normalized spacial score (nSPS) is 11.6. The standard InChI is InChI=1S/C17H15NO/c1-13-7-9-14(10-8-13)16(12-18)11-17(19)15-5-3-2-4-6-15/h2-10,16H,11H2,1H3. The van der Waals surface area contributed by atoms with E-state index in [4.69, 9.17) is 0 Å². The van der Waals surface area contributed by atoms with E-state index < -0.39 is 0 Å². The largest absolute Gasteiger partial charge is 0.294 e. The Hall–Kier alpha value is -2.40. The second-order valence-electron chi connectivity index (χ2n) is 4.59. The van der Waals surface area contributed by atoms with Crippen molar-refractivity contribution in [1.29, 1.82) is 5.26 Å². The van der Waals surface area contributed by atoms with Gasteiger partial charge in [-0.2, -0.15) is 5.26 Å². The van der Waals surface area contributed by atoms with Crippen molar-refractivity contribution in [2.45, 2.75) is 19.3 Å². The summed E-state index contributed by atoms with van der Waals surface area (Å²) in [5, 5.41) is 9.24. The molecule has 0 saturated carbocycles. The average Bonchev–Trinajstić information content (AvgIpc) is 2.46. The van der Waals surface area contributed by atoms with E-state index >= 15 is 0 Å². The summed E-state index contributed by atoms with van der Waals surface area (Å²) in [7, 11) is 0. The van der Waals surface area contributed by atoms with Crippen molar-refractivity contribution in [3.63, 3.8) is 0 Å². The number of ketones is 1. The van der Waals surface area contributed by atoms with Gasteiger partial charge in [-0.05, 0) is 12.5 Å². The summed E-state index contributed by atoms with van der Waals surface area (Å²) in [5.41, 5.74) is 2.71. The molecule has 0 N–H and O–H groups in total. The van der Waals surface area contributed by atoms with E-state index in [0.717, 1.165) is 11.1 Å². The predicted octanol–water partition coefficient (Wildman–Crippen LogP) is 3.88. The zero-order chi connectivity index (χ0) is 13.7. The van der Waals surface area contributed by atoms with Gasteiger partial charge in [0, 0.05) is 12.0 Å². The molecule has 0 aromatic heterocycles. The van der Waals surface area contributed by atoms with Crippen LogP contribution in [-0.2, 0) is 0 Å². The minimum Gasteiger partial charge on any atom is -0.294 e. The molecule has 0 amide bonds. The smallest absolute Gasteiger partial charge is 0.164 e. The van der Waals surface area contributed by atoms with Gasteiger partial charge in [0.25, 0.3) is 0 Å². The number of nitriles is 1. The topological polar surface area (TPSA) is 40.9 Å². The summed E-state index contributed by atoms with van der Waals surface area (Å²) in [6, 6.07) is 19.1. The molecule has 0 heterocycles. The third-order valence-electron chi connectivity index (χ3n) is 3.12. The number of aryl methyl sites for hydroxylation is 1. The van der Waals surface area contributed by atoms with Crippen LogP contribution in [0.5, 0.6) is 0 Å². The average molecular weight is 249 g/mol. The predicted molar refractivity (Wildman–Crippen MR) is 74.9 cm³/mol. The van der Waals surface area contributed by atoms with Gasteiger partial charge in [-0.15, -0.1) is 0 Å². The lowest BCUT2D eigenvalue weighted by Gasteiger charge is -2.09. The van der Waals surface area contributed by atoms with Gasteiger partial charge in [0.2, 0.25) is 0 Å². The maximum atomic E-state index is 12.1. The van der Waals surface area contributed by atoms with Crippen LogP contribution in [0.15, 0.2) is 54.6 Å². The van der Waals surface area contributed by atoms with Gasteiger partial charge in [-0.3, -0.25) is 4.79 Å². The van der Waals surface area contributed by atoms with Crippen molar-refractivity contribution in [2.24, 2.45) is 0 Å². The number of benzene rings is 2. The molecule has 0 aliphatic heterocycles. The van der Waals surface area contributed by atoms with E-state index in [0.29, 0.717) is 5.56 Å². The SMILES string of the molecule is Cc1ccc(C(C#N)CC(=O)c2ccccc2)cc1. The molecule has 2 aromatic carbocycles. The van der Waals surface area contributed by atoms with E-state index in [2.05, 4.69) is 6.07 Å². The van der Waals surface area contributed by atoms with Gasteiger partial charge in [0.15, 0.2) is 5.78 Å². The van der Waals surface area contributed by atoms with Crippen LogP contribution >= 0.6 is 0 Å². The Labute approximate surface area is 113 Å². The van der Waals surface area contributed by atoms with Gasteiger partial charge >= 0.3 is 0 Å². The van der Waals surface area contributed by atoms with E-state index in [9.17, 15) is 10.1 Å². The number of carbonyl (C=O) groups is 1. The lowest BCUT2D eigenvalue weighted by atomic mass is 9.92. The number of Topliss-reactive ketones (excluding diaryl/α,β-unsaturated/α-hetero) is 1. The maximum Gasteiger partial charge on any atom is 0.164 e.